The van der Waals surface area contributed by atoms with Crippen molar-refractivity contribution in [2.75, 3.05) is 17.7 Å². The smallest absolute Gasteiger partial charge is 0.306 e. The molecule has 7 heteroatoms. The molecule has 0 aliphatic heterocycles. The van der Waals surface area contributed by atoms with Crippen LogP contribution in [0, 0.1) is 12.7 Å². The van der Waals surface area contributed by atoms with Gasteiger partial charge in [-0.1, -0.05) is 17.7 Å². The predicted octanol–water partition coefficient (Wildman–Crippen LogP) is 4.84. The third-order valence-electron chi connectivity index (χ3n) is 3.43. The topological polar surface area (TPSA) is 55.4 Å². The normalized spacial score (nSPS) is 10.4. The van der Waals surface area contributed by atoms with Crippen molar-refractivity contribution in [2.24, 2.45) is 0 Å². The molecule has 1 amide bonds. The van der Waals surface area contributed by atoms with Gasteiger partial charge in [-0.05, 0) is 61.1 Å². The summed E-state index contributed by atoms with van der Waals surface area (Å²) in [5, 5.41) is 3.17. The van der Waals surface area contributed by atoms with Crippen LogP contribution in [0.5, 0.6) is 0 Å². The molecule has 0 aliphatic rings. The summed E-state index contributed by atoms with van der Waals surface area (Å²) in [4.78, 5) is 24.5. The van der Waals surface area contributed by atoms with Gasteiger partial charge in [0.15, 0.2) is 6.61 Å². The summed E-state index contributed by atoms with van der Waals surface area (Å²) >= 11 is 7.44. The Morgan fingerprint density at radius 3 is 2.62 bits per heavy atom. The molecule has 0 radical (unpaired) electrons. The molecule has 2 aromatic rings. The Hall–Kier alpha value is -2.05. The van der Waals surface area contributed by atoms with Crippen LogP contribution in [0.25, 0.3) is 0 Å². The first-order valence-electron chi connectivity index (χ1n) is 8.04. The number of amides is 1. The van der Waals surface area contributed by atoms with Gasteiger partial charge in [-0.2, -0.15) is 0 Å². The molecule has 4 nitrogen and oxygen atoms in total. The van der Waals surface area contributed by atoms with Crippen LogP contribution in [0.3, 0.4) is 0 Å². The van der Waals surface area contributed by atoms with Gasteiger partial charge in [0.2, 0.25) is 0 Å². The third-order valence-corrected chi connectivity index (χ3v) is 4.78. The van der Waals surface area contributed by atoms with Gasteiger partial charge < -0.3 is 10.1 Å². The monoisotopic (exact) mass is 395 g/mol. The van der Waals surface area contributed by atoms with Gasteiger partial charge in [-0.3, -0.25) is 9.59 Å². The molecule has 0 unspecified atom stereocenters. The van der Waals surface area contributed by atoms with Gasteiger partial charge in [0.25, 0.3) is 5.91 Å². The van der Waals surface area contributed by atoms with Gasteiger partial charge in [0.05, 0.1) is 0 Å². The lowest BCUT2D eigenvalue weighted by Crippen LogP contribution is -2.21. The minimum Gasteiger partial charge on any atom is -0.456 e. The van der Waals surface area contributed by atoms with E-state index in [2.05, 4.69) is 5.32 Å². The number of ether oxygens (including phenoxy) is 1. The molecule has 2 rings (SSSR count). The highest BCUT2D eigenvalue weighted by Gasteiger charge is 2.09. The summed E-state index contributed by atoms with van der Waals surface area (Å²) in [6.45, 7) is 1.24. The van der Waals surface area contributed by atoms with E-state index in [1.54, 1.807) is 30.8 Å². The fourth-order valence-electron chi connectivity index (χ4n) is 2.02. The third kappa shape index (κ3) is 7.06. The number of halogens is 2. The Balaban J connectivity index is 1.62. The molecule has 0 saturated carbocycles. The maximum Gasteiger partial charge on any atom is 0.306 e. The molecule has 0 spiro atoms. The van der Waals surface area contributed by atoms with Gasteiger partial charge in [-0.15, -0.1) is 11.8 Å². The second-order valence-corrected chi connectivity index (χ2v) is 7.18. The highest BCUT2D eigenvalue weighted by molar-refractivity contribution is 7.99. The second-order valence-electron chi connectivity index (χ2n) is 5.58. The van der Waals surface area contributed by atoms with Crippen LogP contribution in [0.1, 0.15) is 18.4 Å². The van der Waals surface area contributed by atoms with Crippen molar-refractivity contribution in [2.45, 2.75) is 24.7 Å². The number of anilines is 1. The SMILES string of the molecule is Cc1ccc(NC(=O)COC(=O)CCCSc2ccc(Cl)cc2)cc1F. The zero-order valence-electron chi connectivity index (χ0n) is 14.3. The number of hydrogen-bond acceptors (Lipinski definition) is 4. The molecule has 26 heavy (non-hydrogen) atoms. The van der Waals surface area contributed by atoms with Crippen LogP contribution in [-0.4, -0.2) is 24.2 Å². The number of aryl methyl sites for hydroxylation is 1. The van der Waals surface area contributed by atoms with Crippen molar-refractivity contribution in [3.63, 3.8) is 0 Å². The zero-order valence-corrected chi connectivity index (χ0v) is 15.8. The zero-order chi connectivity index (χ0) is 18.9. The molecule has 1 N–H and O–H groups in total. The molecule has 0 aromatic heterocycles. The van der Waals surface area contributed by atoms with E-state index in [4.69, 9.17) is 16.3 Å². The molecule has 0 saturated heterocycles. The number of nitrogens with one attached hydrogen (secondary N) is 1. The summed E-state index contributed by atoms with van der Waals surface area (Å²) in [5.41, 5.74) is 0.819. The summed E-state index contributed by atoms with van der Waals surface area (Å²) in [7, 11) is 0. The average Bonchev–Trinajstić information content (AvgIpc) is 2.61. The van der Waals surface area contributed by atoms with Crippen molar-refractivity contribution in [3.8, 4) is 0 Å². The van der Waals surface area contributed by atoms with Crippen LogP contribution < -0.4 is 5.32 Å². The highest BCUT2D eigenvalue weighted by atomic mass is 35.5. The van der Waals surface area contributed by atoms with Crippen molar-refractivity contribution < 1.29 is 18.7 Å². The average molecular weight is 396 g/mol. The lowest BCUT2D eigenvalue weighted by molar-refractivity contribution is -0.147. The molecule has 0 aliphatic carbocycles. The summed E-state index contributed by atoms with van der Waals surface area (Å²) in [5.74, 6) is -0.590. The molecule has 2 aromatic carbocycles. The number of esters is 1. The minimum absolute atomic E-state index is 0.229. The first-order valence-corrected chi connectivity index (χ1v) is 9.40. The number of hydrogen-bond donors (Lipinski definition) is 1. The molecular formula is C19H19ClFNO3S. The lowest BCUT2D eigenvalue weighted by Gasteiger charge is -2.07. The number of carbonyl (C=O) groups excluding carboxylic acids is 2. The van der Waals surface area contributed by atoms with E-state index < -0.39 is 24.3 Å². The van der Waals surface area contributed by atoms with Gasteiger partial charge >= 0.3 is 5.97 Å². The number of rotatable bonds is 8. The predicted molar refractivity (Wildman–Crippen MR) is 102 cm³/mol. The minimum atomic E-state index is -0.503. The summed E-state index contributed by atoms with van der Waals surface area (Å²) in [6, 6.07) is 11.9. The van der Waals surface area contributed by atoms with E-state index >= 15 is 0 Å². The maximum absolute atomic E-state index is 13.4. The van der Waals surface area contributed by atoms with Crippen LogP contribution >= 0.6 is 23.4 Å². The van der Waals surface area contributed by atoms with E-state index in [0.29, 0.717) is 22.7 Å². The quantitative estimate of drug-likeness (QED) is 0.394. The van der Waals surface area contributed by atoms with E-state index in [1.165, 1.54) is 6.07 Å². The molecule has 0 heterocycles. The van der Waals surface area contributed by atoms with E-state index in [0.717, 1.165) is 10.6 Å². The van der Waals surface area contributed by atoms with Crippen LogP contribution in [0.4, 0.5) is 10.1 Å². The van der Waals surface area contributed by atoms with Gasteiger partial charge in [0, 0.05) is 22.0 Å². The van der Waals surface area contributed by atoms with Gasteiger partial charge in [-0.25, -0.2) is 4.39 Å². The fraction of sp³-hybridized carbons (Fsp3) is 0.263. The maximum atomic E-state index is 13.4. The van der Waals surface area contributed by atoms with Crippen molar-refractivity contribution in [1.82, 2.24) is 0 Å². The van der Waals surface area contributed by atoms with Crippen LogP contribution in [0.15, 0.2) is 47.4 Å². The molecule has 138 valence electrons. The Morgan fingerprint density at radius 2 is 1.92 bits per heavy atom. The van der Waals surface area contributed by atoms with Gasteiger partial charge in [0.1, 0.15) is 5.82 Å². The van der Waals surface area contributed by atoms with Crippen LogP contribution in [-0.2, 0) is 14.3 Å². The molecule has 0 bridgehead atoms. The van der Waals surface area contributed by atoms with Crippen molar-refractivity contribution in [1.29, 1.82) is 0 Å². The van der Waals surface area contributed by atoms with E-state index in [-0.39, 0.29) is 6.42 Å². The summed E-state index contributed by atoms with van der Waals surface area (Å²) in [6.07, 6.45) is 0.865. The molecular weight excluding hydrogens is 377 g/mol. The van der Waals surface area contributed by atoms with Crippen molar-refractivity contribution in [3.05, 3.63) is 58.9 Å². The largest absolute Gasteiger partial charge is 0.456 e. The first-order chi connectivity index (χ1) is 12.4. The first kappa shape index (κ1) is 20.3. The summed E-state index contributed by atoms with van der Waals surface area (Å²) < 4.78 is 18.3. The molecule has 0 fully saturated rings. The second kappa shape index (κ2) is 10.2. The highest BCUT2D eigenvalue weighted by Crippen LogP contribution is 2.21. The number of carbonyl (C=O) groups is 2. The Labute approximate surface area is 161 Å². The Kier molecular flexibility index (Phi) is 7.94. The fourth-order valence-corrected chi connectivity index (χ4v) is 3.00. The van der Waals surface area contributed by atoms with E-state index in [9.17, 15) is 14.0 Å². The number of benzene rings is 2. The van der Waals surface area contributed by atoms with E-state index in [1.807, 2.05) is 24.3 Å². The Bertz CT molecular complexity index is 768. The van der Waals surface area contributed by atoms with Crippen LogP contribution in [0.2, 0.25) is 5.02 Å². The standard InChI is InChI=1S/C19H19ClFNO3S/c1-13-4-7-15(11-17(13)21)22-18(23)12-25-19(24)3-2-10-26-16-8-5-14(20)6-9-16/h4-9,11H,2-3,10,12H2,1H3,(H,22,23). The number of thioether (sulfide) groups is 1. The lowest BCUT2D eigenvalue weighted by atomic mass is 10.2. The van der Waals surface area contributed by atoms with Crippen molar-refractivity contribution >= 4 is 40.9 Å². The molecule has 0 atom stereocenters. The Morgan fingerprint density at radius 1 is 1.19 bits per heavy atom.